The summed E-state index contributed by atoms with van der Waals surface area (Å²) in [6.45, 7) is 9.91. The van der Waals surface area contributed by atoms with Crippen LogP contribution in [0.15, 0.2) is 12.3 Å². The van der Waals surface area contributed by atoms with Gasteiger partial charge in [-0.3, -0.25) is 0 Å². The third-order valence-electron chi connectivity index (χ3n) is 3.11. The molecule has 19 heavy (non-hydrogen) atoms. The molecular formula is C15H26FN3. The molecule has 1 aromatic heterocycles. The Bertz CT molecular complexity index is 368. The second-order valence-corrected chi connectivity index (χ2v) is 4.75. The highest BCUT2D eigenvalue weighted by atomic mass is 19.1. The highest BCUT2D eigenvalue weighted by molar-refractivity contribution is 5.46. The van der Waals surface area contributed by atoms with Gasteiger partial charge in [0, 0.05) is 25.2 Å². The van der Waals surface area contributed by atoms with Crippen LogP contribution >= 0.6 is 0 Å². The smallest absolute Gasteiger partial charge is 0.141 e. The van der Waals surface area contributed by atoms with Crippen LogP contribution in [0, 0.1) is 5.82 Å². The van der Waals surface area contributed by atoms with Gasteiger partial charge < -0.3 is 10.2 Å². The molecule has 0 bridgehead atoms. The van der Waals surface area contributed by atoms with Gasteiger partial charge >= 0.3 is 0 Å². The quantitative estimate of drug-likeness (QED) is 0.695. The van der Waals surface area contributed by atoms with E-state index in [0.29, 0.717) is 6.54 Å². The fraction of sp³-hybridized carbons (Fsp3) is 0.667. The van der Waals surface area contributed by atoms with Crippen molar-refractivity contribution in [3.8, 4) is 0 Å². The van der Waals surface area contributed by atoms with Crippen LogP contribution in [0.4, 0.5) is 10.2 Å². The van der Waals surface area contributed by atoms with E-state index in [-0.39, 0.29) is 5.82 Å². The summed E-state index contributed by atoms with van der Waals surface area (Å²) < 4.78 is 13.4. The van der Waals surface area contributed by atoms with Crippen LogP contribution in [0.2, 0.25) is 0 Å². The number of pyridine rings is 1. The van der Waals surface area contributed by atoms with Crippen molar-refractivity contribution in [1.82, 2.24) is 10.3 Å². The second kappa shape index (κ2) is 8.86. The van der Waals surface area contributed by atoms with Crippen LogP contribution in [-0.2, 0) is 6.54 Å². The molecule has 4 heteroatoms. The largest absolute Gasteiger partial charge is 0.357 e. The third kappa shape index (κ3) is 5.15. The van der Waals surface area contributed by atoms with Gasteiger partial charge in [0.2, 0.25) is 0 Å². The van der Waals surface area contributed by atoms with E-state index in [4.69, 9.17) is 0 Å². The molecule has 0 amide bonds. The van der Waals surface area contributed by atoms with Crippen molar-refractivity contribution in [2.24, 2.45) is 0 Å². The molecule has 1 N–H and O–H groups in total. The Morgan fingerprint density at radius 2 is 2.05 bits per heavy atom. The monoisotopic (exact) mass is 267 g/mol. The number of halogens is 1. The number of hydrogen-bond donors (Lipinski definition) is 1. The molecule has 0 atom stereocenters. The fourth-order valence-corrected chi connectivity index (χ4v) is 2.05. The molecule has 0 aliphatic heterocycles. The predicted octanol–water partition coefficient (Wildman–Crippen LogP) is 3.35. The highest BCUT2D eigenvalue weighted by Gasteiger charge is 2.12. The molecule has 3 nitrogen and oxygen atoms in total. The Morgan fingerprint density at radius 1 is 1.26 bits per heavy atom. The predicted molar refractivity (Wildman–Crippen MR) is 79.0 cm³/mol. The lowest BCUT2D eigenvalue weighted by Crippen LogP contribution is -2.27. The van der Waals surface area contributed by atoms with E-state index in [0.717, 1.165) is 50.3 Å². The number of aromatic nitrogens is 1. The summed E-state index contributed by atoms with van der Waals surface area (Å²) in [6.07, 6.45) is 4.68. The molecule has 1 heterocycles. The maximum atomic E-state index is 13.4. The lowest BCUT2D eigenvalue weighted by molar-refractivity contribution is 0.608. The summed E-state index contributed by atoms with van der Waals surface area (Å²) in [7, 11) is 0. The maximum Gasteiger partial charge on any atom is 0.141 e. The molecule has 0 aromatic carbocycles. The zero-order valence-electron chi connectivity index (χ0n) is 12.4. The Hall–Kier alpha value is -1.16. The van der Waals surface area contributed by atoms with Gasteiger partial charge in [0.25, 0.3) is 0 Å². The minimum atomic E-state index is -0.261. The van der Waals surface area contributed by atoms with Gasteiger partial charge in [0.05, 0.1) is 6.20 Å². The van der Waals surface area contributed by atoms with E-state index in [1.54, 1.807) is 6.07 Å². The van der Waals surface area contributed by atoms with E-state index < -0.39 is 0 Å². The molecule has 0 aliphatic rings. The molecule has 0 saturated carbocycles. The van der Waals surface area contributed by atoms with Crippen LogP contribution in [0.25, 0.3) is 0 Å². The molecule has 0 saturated heterocycles. The van der Waals surface area contributed by atoms with Gasteiger partial charge in [0.15, 0.2) is 0 Å². The van der Waals surface area contributed by atoms with Gasteiger partial charge in [0.1, 0.15) is 11.6 Å². The minimum absolute atomic E-state index is 0.261. The Balaban J connectivity index is 2.83. The van der Waals surface area contributed by atoms with Crippen LogP contribution in [0.5, 0.6) is 0 Å². The van der Waals surface area contributed by atoms with E-state index in [2.05, 4.69) is 36.0 Å². The number of rotatable bonds is 9. The summed E-state index contributed by atoms with van der Waals surface area (Å²) >= 11 is 0. The first-order valence-electron chi connectivity index (χ1n) is 7.32. The van der Waals surface area contributed by atoms with Crippen LogP contribution in [0.1, 0.15) is 45.6 Å². The normalized spacial score (nSPS) is 10.7. The molecule has 0 fully saturated rings. The lowest BCUT2D eigenvalue weighted by atomic mass is 10.2. The van der Waals surface area contributed by atoms with Gasteiger partial charge in [-0.2, -0.15) is 0 Å². The van der Waals surface area contributed by atoms with Crippen LogP contribution in [0.3, 0.4) is 0 Å². The lowest BCUT2D eigenvalue weighted by Gasteiger charge is -2.24. The highest BCUT2D eigenvalue weighted by Crippen LogP contribution is 2.19. The maximum absolute atomic E-state index is 13.4. The zero-order valence-corrected chi connectivity index (χ0v) is 12.4. The number of hydrogen-bond acceptors (Lipinski definition) is 3. The molecule has 108 valence electrons. The standard InChI is InChI=1S/C15H26FN3/c1-4-7-9-19(6-3)15-13(11-17-8-5-2)10-14(16)12-18-15/h10,12,17H,4-9,11H2,1-3H3. The third-order valence-corrected chi connectivity index (χ3v) is 3.11. The number of anilines is 1. The van der Waals surface area contributed by atoms with Crippen molar-refractivity contribution in [2.45, 2.75) is 46.6 Å². The van der Waals surface area contributed by atoms with E-state index in [1.807, 2.05) is 0 Å². The van der Waals surface area contributed by atoms with Crippen molar-refractivity contribution < 1.29 is 4.39 Å². The first-order valence-corrected chi connectivity index (χ1v) is 7.32. The molecule has 0 unspecified atom stereocenters. The number of nitrogens with one attached hydrogen (secondary N) is 1. The van der Waals surface area contributed by atoms with Crippen molar-refractivity contribution in [3.05, 3.63) is 23.6 Å². The average molecular weight is 267 g/mol. The Kier molecular flexibility index (Phi) is 7.41. The molecule has 1 rings (SSSR count). The van der Waals surface area contributed by atoms with Gasteiger partial charge in [-0.05, 0) is 32.4 Å². The Morgan fingerprint density at radius 3 is 2.68 bits per heavy atom. The Labute approximate surface area is 116 Å². The second-order valence-electron chi connectivity index (χ2n) is 4.75. The van der Waals surface area contributed by atoms with Crippen LogP contribution < -0.4 is 10.2 Å². The van der Waals surface area contributed by atoms with E-state index >= 15 is 0 Å². The summed E-state index contributed by atoms with van der Waals surface area (Å²) in [5.41, 5.74) is 0.950. The van der Waals surface area contributed by atoms with Gasteiger partial charge in [-0.25, -0.2) is 9.37 Å². The summed E-state index contributed by atoms with van der Waals surface area (Å²) in [5, 5.41) is 3.32. The molecular weight excluding hydrogens is 241 g/mol. The fourth-order valence-electron chi connectivity index (χ4n) is 2.05. The van der Waals surface area contributed by atoms with E-state index in [1.165, 1.54) is 6.20 Å². The van der Waals surface area contributed by atoms with Crippen molar-refractivity contribution in [3.63, 3.8) is 0 Å². The molecule has 0 radical (unpaired) electrons. The van der Waals surface area contributed by atoms with Crippen molar-refractivity contribution in [2.75, 3.05) is 24.5 Å². The van der Waals surface area contributed by atoms with Crippen LogP contribution in [-0.4, -0.2) is 24.6 Å². The number of nitrogens with zero attached hydrogens (tertiary/aromatic N) is 2. The molecule has 0 aliphatic carbocycles. The van der Waals surface area contributed by atoms with E-state index in [9.17, 15) is 4.39 Å². The van der Waals surface area contributed by atoms with Gasteiger partial charge in [-0.1, -0.05) is 20.3 Å². The van der Waals surface area contributed by atoms with Gasteiger partial charge in [-0.15, -0.1) is 0 Å². The molecule has 0 spiro atoms. The van der Waals surface area contributed by atoms with Crippen molar-refractivity contribution >= 4 is 5.82 Å². The topological polar surface area (TPSA) is 28.2 Å². The summed E-state index contributed by atoms with van der Waals surface area (Å²) in [6, 6.07) is 1.60. The van der Waals surface area contributed by atoms with Crippen molar-refractivity contribution in [1.29, 1.82) is 0 Å². The zero-order chi connectivity index (χ0) is 14.1. The SMILES string of the molecule is CCCCN(CC)c1ncc(F)cc1CNCCC. The number of unbranched alkanes of at least 4 members (excludes halogenated alkanes) is 1. The minimum Gasteiger partial charge on any atom is -0.357 e. The average Bonchev–Trinajstić information content (AvgIpc) is 2.41. The first kappa shape index (κ1) is 15.9. The first-order chi connectivity index (χ1) is 9.22. The summed E-state index contributed by atoms with van der Waals surface area (Å²) in [4.78, 5) is 6.52. The molecule has 1 aromatic rings. The summed E-state index contributed by atoms with van der Waals surface area (Å²) in [5.74, 6) is 0.657.